The van der Waals surface area contributed by atoms with Gasteiger partial charge in [-0.2, -0.15) is 0 Å². The summed E-state index contributed by atoms with van der Waals surface area (Å²) in [6.07, 6.45) is -0.0907. The fourth-order valence-corrected chi connectivity index (χ4v) is 2.50. The topological polar surface area (TPSA) is 146 Å². The molecule has 0 spiro atoms. The predicted molar refractivity (Wildman–Crippen MR) is 120 cm³/mol. The van der Waals surface area contributed by atoms with Gasteiger partial charge in [0.25, 0.3) is 5.69 Å². The summed E-state index contributed by atoms with van der Waals surface area (Å²) in [4.78, 5) is 46.7. The van der Waals surface area contributed by atoms with E-state index in [4.69, 9.17) is 14.2 Å². The average molecular weight is 468 g/mol. The van der Waals surface area contributed by atoms with Crippen LogP contribution in [0.2, 0.25) is 0 Å². The molecule has 0 heterocycles. The molecule has 11 heteroatoms. The number of esters is 1. The first-order valence-corrected chi connectivity index (χ1v) is 10.6. The minimum absolute atomic E-state index is 0.105. The smallest absolute Gasteiger partial charge is 0.408 e. The second kappa shape index (κ2) is 12.0. The number of nitro benzene ring substituents is 1. The van der Waals surface area contributed by atoms with E-state index < -0.39 is 40.3 Å². The number of hydrogen-bond acceptors (Lipinski definition) is 8. The number of unbranched alkanes of at least 4 members (excludes halogenated alkanes) is 1. The quantitative estimate of drug-likeness (QED) is 0.181. The highest BCUT2D eigenvalue weighted by Crippen LogP contribution is 2.18. The van der Waals surface area contributed by atoms with Gasteiger partial charge in [0.2, 0.25) is 0 Å². The molecule has 33 heavy (non-hydrogen) atoms. The van der Waals surface area contributed by atoms with Crippen LogP contribution in [0.25, 0.3) is 0 Å². The second-order valence-electron chi connectivity index (χ2n) is 9.30. The Bertz CT molecular complexity index is 826. The normalized spacial score (nSPS) is 12.3. The molecule has 0 unspecified atom stereocenters. The minimum atomic E-state index is -1.02. The molecule has 0 aromatic heterocycles. The van der Waals surface area contributed by atoms with Crippen molar-refractivity contribution in [3.8, 4) is 5.75 Å². The van der Waals surface area contributed by atoms with Gasteiger partial charge in [-0.1, -0.05) is 0 Å². The van der Waals surface area contributed by atoms with Crippen LogP contribution in [0.5, 0.6) is 5.75 Å². The largest absolute Gasteiger partial charge is 0.444 e. The monoisotopic (exact) mass is 467 g/mol. The van der Waals surface area contributed by atoms with Crippen LogP contribution in [-0.4, -0.2) is 46.9 Å². The molecule has 0 saturated heterocycles. The van der Waals surface area contributed by atoms with Crippen molar-refractivity contribution in [2.45, 2.75) is 78.0 Å². The lowest BCUT2D eigenvalue weighted by Gasteiger charge is -2.23. The van der Waals surface area contributed by atoms with E-state index in [9.17, 15) is 24.5 Å². The van der Waals surface area contributed by atoms with E-state index in [0.717, 1.165) is 0 Å². The third-order valence-electron chi connectivity index (χ3n) is 3.83. The van der Waals surface area contributed by atoms with Crippen molar-refractivity contribution in [3.63, 3.8) is 0 Å². The Morgan fingerprint density at radius 3 is 2.00 bits per heavy atom. The van der Waals surface area contributed by atoms with Gasteiger partial charge in [-0.25, -0.2) is 14.4 Å². The van der Waals surface area contributed by atoms with Crippen LogP contribution in [0.4, 0.5) is 15.3 Å². The molecule has 1 rings (SSSR count). The number of ether oxygens (including phenoxy) is 3. The van der Waals surface area contributed by atoms with Gasteiger partial charge < -0.3 is 24.8 Å². The summed E-state index contributed by atoms with van der Waals surface area (Å²) in [6, 6.07) is 4.00. The van der Waals surface area contributed by atoms with Gasteiger partial charge in [-0.3, -0.25) is 10.1 Å². The number of amides is 2. The van der Waals surface area contributed by atoms with E-state index in [1.165, 1.54) is 24.3 Å². The van der Waals surface area contributed by atoms with Crippen molar-refractivity contribution >= 4 is 23.8 Å². The highest BCUT2D eigenvalue weighted by atomic mass is 16.6. The maximum absolute atomic E-state index is 12.6. The molecule has 0 aliphatic rings. The number of rotatable bonds is 9. The van der Waals surface area contributed by atoms with Gasteiger partial charge in [-0.05, 0) is 72.9 Å². The number of nitro groups is 1. The van der Waals surface area contributed by atoms with E-state index in [2.05, 4.69) is 10.6 Å². The Kier molecular flexibility index (Phi) is 10.1. The van der Waals surface area contributed by atoms with Crippen molar-refractivity contribution in [3.05, 3.63) is 34.4 Å². The third kappa shape index (κ3) is 12.3. The van der Waals surface area contributed by atoms with Crippen molar-refractivity contribution in [1.82, 2.24) is 10.6 Å². The molecule has 0 saturated carbocycles. The first kappa shape index (κ1) is 27.7. The molecule has 0 bridgehead atoms. The predicted octanol–water partition coefficient (Wildman–Crippen LogP) is 4.09. The highest BCUT2D eigenvalue weighted by Gasteiger charge is 2.26. The number of alkyl carbamates (subject to hydrolysis) is 2. The van der Waals surface area contributed by atoms with Crippen molar-refractivity contribution < 1.29 is 33.5 Å². The van der Waals surface area contributed by atoms with Gasteiger partial charge in [0.15, 0.2) is 0 Å². The van der Waals surface area contributed by atoms with E-state index >= 15 is 0 Å². The molecule has 184 valence electrons. The maximum atomic E-state index is 12.6. The number of carbonyl (C=O) groups is 3. The minimum Gasteiger partial charge on any atom is -0.444 e. The molecule has 1 aromatic rings. The van der Waals surface area contributed by atoms with Crippen LogP contribution in [0.3, 0.4) is 0 Å². The van der Waals surface area contributed by atoms with Crippen LogP contribution in [0.1, 0.15) is 60.8 Å². The second-order valence-corrected chi connectivity index (χ2v) is 9.30. The zero-order chi connectivity index (χ0) is 25.2. The molecule has 1 aromatic carbocycles. The zero-order valence-corrected chi connectivity index (χ0v) is 19.9. The molecular weight excluding hydrogens is 434 g/mol. The summed E-state index contributed by atoms with van der Waals surface area (Å²) < 4.78 is 15.6. The van der Waals surface area contributed by atoms with E-state index in [0.29, 0.717) is 19.4 Å². The standard InChI is InChI=1S/C22H33N3O8/c1-21(2,3)32-19(27)23-14-8-7-9-17(24-20(28)33-22(4,5)6)18(26)31-16-12-10-15(11-13-16)25(29)30/h10-13,17H,7-9,14H2,1-6H3,(H,23,27)(H,24,28)/t17-/m0/s1. The first-order chi connectivity index (χ1) is 15.2. The van der Waals surface area contributed by atoms with Crippen molar-refractivity contribution in [1.29, 1.82) is 0 Å². The molecule has 0 aliphatic heterocycles. The Labute approximate surface area is 193 Å². The number of benzene rings is 1. The molecule has 0 fully saturated rings. The summed E-state index contributed by atoms with van der Waals surface area (Å²) >= 11 is 0. The number of non-ortho nitro benzene ring substituents is 1. The first-order valence-electron chi connectivity index (χ1n) is 10.6. The van der Waals surface area contributed by atoms with Gasteiger partial charge in [0.1, 0.15) is 23.0 Å². The lowest BCUT2D eigenvalue weighted by molar-refractivity contribution is -0.384. The maximum Gasteiger partial charge on any atom is 0.408 e. The average Bonchev–Trinajstić information content (AvgIpc) is 2.64. The highest BCUT2D eigenvalue weighted by molar-refractivity contribution is 5.83. The Balaban J connectivity index is 2.68. The van der Waals surface area contributed by atoms with Crippen LogP contribution in [0, 0.1) is 10.1 Å². The lowest BCUT2D eigenvalue weighted by Crippen LogP contribution is -2.45. The molecule has 1 atom stereocenters. The van der Waals surface area contributed by atoms with Crippen molar-refractivity contribution in [2.24, 2.45) is 0 Å². The van der Waals surface area contributed by atoms with Crippen LogP contribution in [0.15, 0.2) is 24.3 Å². The SMILES string of the molecule is CC(C)(C)OC(=O)NCCCC[C@H](NC(=O)OC(C)(C)C)C(=O)Oc1ccc([N+](=O)[O-])cc1. The van der Waals surface area contributed by atoms with Gasteiger partial charge >= 0.3 is 18.2 Å². The van der Waals surface area contributed by atoms with Crippen LogP contribution in [-0.2, 0) is 14.3 Å². The van der Waals surface area contributed by atoms with E-state index in [1.807, 2.05) is 0 Å². The Morgan fingerprint density at radius 2 is 1.48 bits per heavy atom. The summed E-state index contributed by atoms with van der Waals surface area (Å²) in [5, 5.41) is 15.9. The summed E-state index contributed by atoms with van der Waals surface area (Å²) in [6.45, 7) is 10.7. The van der Waals surface area contributed by atoms with Gasteiger partial charge in [0.05, 0.1) is 4.92 Å². The molecule has 2 N–H and O–H groups in total. The number of nitrogens with zero attached hydrogens (tertiary/aromatic N) is 1. The fraction of sp³-hybridized carbons (Fsp3) is 0.591. The number of carbonyl (C=O) groups excluding carboxylic acids is 3. The number of hydrogen-bond donors (Lipinski definition) is 2. The molecular formula is C22H33N3O8. The molecule has 0 radical (unpaired) electrons. The molecule has 11 nitrogen and oxygen atoms in total. The number of nitrogens with one attached hydrogen (secondary N) is 2. The Hall–Kier alpha value is -3.37. The zero-order valence-electron chi connectivity index (χ0n) is 19.9. The lowest BCUT2D eigenvalue weighted by atomic mass is 10.1. The van der Waals surface area contributed by atoms with Gasteiger partial charge in [-0.15, -0.1) is 0 Å². The van der Waals surface area contributed by atoms with Gasteiger partial charge in [0, 0.05) is 18.7 Å². The molecule has 2 amide bonds. The van der Waals surface area contributed by atoms with E-state index in [1.54, 1.807) is 41.5 Å². The summed E-state index contributed by atoms with van der Waals surface area (Å²) in [5.41, 5.74) is -1.50. The van der Waals surface area contributed by atoms with E-state index in [-0.39, 0.29) is 17.9 Å². The Morgan fingerprint density at radius 1 is 0.939 bits per heavy atom. The fourth-order valence-electron chi connectivity index (χ4n) is 2.50. The molecule has 0 aliphatic carbocycles. The van der Waals surface area contributed by atoms with Crippen LogP contribution >= 0.6 is 0 Å². The van der Waals surface area contributed by atoms with Crippen LogP contribution < -0.4 is 15.4 Å². The van der Waals surface area contributed by atoms with Crippen molar-refractivity contribution in [2.75, 3.05) is 6.54 Å². The summed E-state index contributed by atoms with van der Waals surface area (Å²) in [7, 11) is 0. The summed E-state index contributed by atoms with van der Waals surface area (Å²) in [5.74, 6) is -0.636. The third-order valence-corrected chi connectivity index (χ3v) is 3.83.